The number of rotatable bonds is 6. The van der Waals surface area contributed by atoms with Gasteiger partial charge in [-0.3, -0.25) is 4.79 Å². The maximum atomic E-state index is 12.2. The van der Waals surface area contributed by atoms with E-state index in [-0.39, 0.29) is 11.4 Å². The molecule has 6 heteroatoms. The Labute approximate surface area is 123 Å². The van der Waals surface area contributed by atoms with Crippen LogP contribution in [0.4, 0.5) is 0 Å². The minimum absolute atomic E-state index is 0.0322. The summed E-state index contributed by atoms with van der Waals surface area (Å²) in [6.45, 7) is 3.03. The number of ether oxygens (including phenoxy) is 2. The van der Waals surface area contributed by atoms with Crippen LogP contribution >= 0.6 is 0 Å². The fourth-order valence-corrected chi connectivity index (χ4v) is 1.94. The van der Waals surface area contributed by atoms with Crippen molar-refractivity contribution in [3.63, 3.8) is 0 Å². The molecule has 1 aromatic heterocycles. The molecule has 0 bridgehead atoms. The van der Waals surface area contributed by atoms with E-state index in [1.807, 2.05) is 13.0 Å². The summed E-state index contributed by atoms with van der Waals surface area (Å²) in [5.74, 6) is 0.989. The van der Waals surface area contributed by atoms with Crippen molar-refractivity contribution in [2.45, 2.75) is 26.4 Å². The molecule has 0 amide bonds. The highest BCUT2D eigenvalue weighted by Crippen LogP contribution is 2.30. The SMILES string of the molecule is CCCn1ccnc(Oc2ccc(CN)cc2OC)c1=O. The van der Waals surface area contributed by atoms with Crippen molar-refractivity contribution in [1.29, 1.82) is 0 Å². The number of hydrogen-bond acceptors (Lipinski definition) is 5. The predicted molar refractivity (Wildman–Crippen MR) is 79.7 cm³/mol. The second kappa shape index (κ2) is 6.90. The first-order valence-corrected chi connectivity index (χ1v) is 6.79. The minimum atomic E-state index is -0.260. The number of hydrogen-bond donors (Lipinski definition) is 1. The lowest BCUT2D eigenvalue weighted by Crippen LogP contribution is -2.21. The van der Waals surface area contributed by atoms with Crippen molar-refractivity contribution in [3.8, 4) is 17.4 Å². The molecule has 0 radical (unpaired) electrons. The topological polar surface area (TPSA) is 79.4 Å². The largest absolute Gasteiger partial charge is 0.493 e. The van der Waals surface area contributed by atoms with Gasteiger partial charge in [-0.05, 0) is 24.1 Å². The third kappa shape index (κ3) is 3.41. The van der Waals surface area contributed by atoms with Gasteiger partial charge in [-0.2, -0.15) is 0 Å². The van der Waals surface area contributed by atoms with Gasteiger partial charge in [-0.25, -0.2) is 4.98 Å². The first-order chi connectivity index (χ1) is 10.2. The Hall–Kier alpha value is -2.34. The van der Waals surface area contributed by atoms with Crippen LogP contribution in [-0.2, 0) is 13.1 Å². The van der Waals surface area contributed by atoms with Crippen molar-refractivity contribution >= 4 is 0 Å². The molecule has 0 saturated carbocycles. The van der Waals surface area contributed by atoms with Crippen LogP contribution in [0.5, 0.6) is 17.4 Å². The molecule has 21 heavy (non-hydrogen) atoms. The number of methoxy groups -OCH3 is 1. The van der Waals surface area contributed by atoms with Crippen molar-refractivity contribution in [3.05, 3.63) is 46.5 Å². The molecule has 2 aromatic rings. The average Bonchev–Trinajstić information content (AvgIpc) is 2.51. The van der Waals surface area contributed by atoms with Gasteiger partial charge in [0.05, 0.1) is 7.11 Å². The molecule has 2 rings (SSSR count). The van der Waals surface area contributed by atoms with Crippen LogP contribution in [0.25, 0.3) is 0 Å². The van der Waals surface area contributed by atoms with Gasteiger partial charge in [0.1, 0.15) is 0 Å². The Balaban J connectivity index is 2.34. The molecule has 0 atom stereocenters. The number of benzene rings is 1. The smallest absolute Gasteiger partial charge is 0.313 e. The van der Waals surface area contributed by atoms with Gasteiger partial charge in [-0.15, -0.1) is 0 Å². The lowest BCUT2D eigenvalue weighted by Gasteiger charge is -2.11. The van der Waals surface area contributed by atoms with E-state index in [0.717, 1.165) is 12.0 Å². The van der Waals surface area contributed by atoms with Gasteiger partial charge in [0.15, 0.2) is 11.5 Å². The van der Waals surface area contributed by atoms with E-state index < -0.39 is 0 Å². The van der Waals surface area contributed by atoms with E-state index in [4.69, 9.17) is 15.2 Å². The third-order valence-corrected chi connectivity index (χ3v) is 3.02. The summed E-state index contributed by atoms with van der Waals surface area (Å²) in [6, 6.07) is 5.33. The molecule has 0 aliphatic carbocycles. The molecule has 0 spiro atoms. The maximum Gasteiger partial charge on any atom is 0.313 e. The van der Waals surface area contributed by atoms with Crippen LogP contribution in [0.15, 0.2) is 35.4 Å². The second-order valence-corrected chi connectivity index (χ2v) is 4.52. The standard InChI is InChI=1S/C15H19N3O3/c1-3-7-18-8-6-17-14(15(18)19)21-12-5-4-11(10-16)9-13(12)20-2/h4-6,8-9H,3,7,10,16H2,1-2H3. The molecule has 6 nitrogen and oxygen atoms in total. The molecule has 0 fully saturated rings. The monoisotopic (exact) mass is 289 g/mol. The Morgan fingerprint density at radius 3 is 2.81 bits per heavy atom. The van der Waals surface area contributed by atoms with Crippen LogP contribution in [-0.4, -0.2) is 16.7 Å². The normalized spacial score (nSPS) is 10.4. The summed E-state index contributed by atoms with van der Waals surface area (Å²) in [5, 5.41) is 0. The van der Waals surface area contributed by atoms with Crippen LogP contribution in [0.2, 0.25) is 0 Å². The summed E-state index contributed by atoms with van der Waals surface area (Å²) in [5.41, 5.74) is 6.25. The zero-order valence-electron chi connectivity index (χ0n) is 12.2. The number of aryl methyl sites for hydroxylation is 1. The van der Waals surface area contributed by atoms with E-state index in [0.29, 0.717) is 24.6 Å². The van der Waals surface area contributed by atoms with E-state index in [1.165, 1.54) is 7.11 Å². The summed E-state index contributed by atoms with van der Waals surface area (Å²) < 4.78 is 12.4. The molecule has 0 aliphatic rings. The fourth-order valence-electron chi connectivity index (χ4n) is 1.94. The molecule has 1 aromatic carbocycles. The zero-order valence-corrected chi connectivity index (χ0v) is 12.2. The molecular formula is C15H19N3O3. The second-order valence-electron chi connectivity index (χ2n) is 4.52. The Morgan fingerprint density at radius 1 is 1.33 bits per heavy atom. The van der Waals surface area contributed by atoms with Crippen molar-refractivity contribution in [1.82, 2.24) is 9.55 Å². The third-order valence-electron chi connectivity index (χ3n) is 3.02. The van der Waals surface area contributed by atoms with Crippen LogP contribution < -0.4 is 20.8 Å². The van der Waals surface area contributed by atoms with E-state index >= 15 is 0 Å². The highest BCUT2D eigenvalue weighted by molar-refractivity contribution is 5.44. The van der Waals surface area contributed by atoms with Crippen LogP contribution in [0, 0.1) is 0 Å². The number of nitrogens with two attached hydrogens (primary N) is 1. The number of aromatic nitrogens is 2. The van der Waals surface area contributed by atoms with E-state index in [2.05, 4.69) is 4.98 Å². The first kappa shape index (κ1) is 15.1. The quantitative estimate of drug-likeness (QED) is 0.878. The lowest BCUT2D eigenvalue weighted by atomic mass is 10.2. The summed E-state index contributed by atoms with van der Waals surface area (Å²) in [7, 11) is 1.54. The summed E-state index contributed by atoms with van der Waals surface area (Å²) >= 11 is 0. The summed E-state index contributed by atoms with van der Waals surface area (Å²) in [6.07, 6.45) is 4.05. The van der Waals surface area contributed by atoms with Crippen molar-refractivity contribution < 1.29 is 9.47 Å². The highest BCUT2D eigenvalue weighted by atomic mass is 16.5. The molecule has 2 N–H and O–H groups in total. The van der Waals surface area contributed by atoms with Gasteiger partial charge in [0.2, 0.25) is 0 Å². The van der Waals surface area contributed by atoms with Crippen LogP contribution in [0.1, 0.15) is 18.9 Å². The molecule has 0 unspecified atom stereocenters. The fraction of sp³-hybridized carbons (Fsp3) is 0.333. The highest BCUT2D eigenvalue weighted by Gasteiger charge is 2.11. The van der Waals surface area contributed by atoms with Gasteiger partial charge in [-0.1, -0.05) is 13.0 Å². The average molecular weight is 289 g/mol. The lowest BCUT2D eigenvalue weighted by molar-refractivity contribution is 0.369. The van der Waals surface area contributed by atoms with Gasteiger partial charge in [0, 0.05) is 25.5 Å². The molecule has 1 heterocycles. The Kier molecular flexibility index (Phi) is 4.94. The van der Waals surface area contributed by atoms with E-state index in [9.17, 15) is 4.79 Å². The summed E-state index contributed by atoms with van der Waals surface area (Å²) in [4.78, 5) is 16.2. The Morgan fingerprint density at radius 2 is 2.14 bits per heavy atom. The zero-order chi connectivity index (χ0) is 15.2. The Bertz CT molecular complexity index is 667. The maximum absolute atomic E-state index is 12.2. The molecule has 0 aliphatic heterocycles. The molecule has 112 valence electrons. The molecule has 0 saturated heterocycles. The van der Waals surface area contributed by atoms with Crippen molar-refractivity contribution in [2.24, 2.45) is 5.73 Å². The van der Waals surface area contributed by atoms with Gasteiger partial charge in [0.25, 0.3) is 5.88 Å². The minimum Gasteiger partial charge on any atom is -0.493 e. The predicted octanol–water partition coefficient (Wildman–Crippen LogP) is 1.91. The van der Waals surface area contributed by atoms with Crippen LogP contribution in [0.3, 0.4) is 0 Å². The van der Waals surface area contributed by atoms with Gasteiger partial charge >= 0.3 is 5.56 Å². The van der Waals surface area contributed by atoms with Crippen molar-refractivity contribution in [2.75, 3.05) is 7.11 Å². The molecular weight excluding hydrogens is 270 g/mol. The first-order valence-electron chi connectivity index (χ1n) is 6.79. The number of nitrogens with zero attached hydrogens (tertiary/aromatic N) is 2. The van der Waals surface area contributed by atoms with Gasteiger partial charge < -0.3 is 19.8 Å². The van der Waals surface area contributed by atoms with E-state index in [1.54, 1.807) is 29.1 Å².